The van der Waals surface area contributed by atoms with E-state index in [-0.39, 0.29) is 25.8 Å². The van der Waals surface area contributed by atoms with E-state index in [1.165, 1.54) is 5.32 Å². The van der Waals surface area contributed by atoms with Gasteiger partial charge in [0, 0.05) is 12.6 Å². The Balaban J connectivity index is 1.96. The smallest absolute Gasteiger partial charge is 0.444 e. The van der Waals surface area contributed by atoms with Gasteiger partial charge in [0.1, 0.15) is 53.4 Å². The highest BCUT2D eigenvalue weighted by Crippen LogP contribution is 2.33. The van der Waals surface area contributed by atoms with Gasteiger partial charge in [0.15, 0.2) is 12.6 Å². The minimum Gasteiger partial charge on any atom is -0.444 e. The summed E-state index contributed by atoms with van der Waals surface area (Å²) in [6, 6.07) is -5.43. The molecule has 3 aliphatic rings. The average Bonchev–Trinajstić information content (AvgIpc) is 3.04. The molecule has 58 heavy (non-hydrogen) atoms. The van der Waals surface area contributed by atoms with E-state index in [2.05, 4.69) is 16.0 Å². The van der Waals surface area contributed by atoms with E-state index in [1.54, 1.807) is 62.3 Å². The Morgan fingerprint density at radius 1 is 0.690 bits per heavy atom. The van der Waals surface area contributed by atoms with Gasteiger partial charge < -0.3 is 80.6 Å². The monoisotopic (exact) mass is 847 g/mol. The molecule has 0 aromatic rings. The predicted molar refractivity (Wildman–Crippen MR) is 193 cm³/mol. The number of hydrogen-bond donors (Lipinski definition) is 9. The molecule has 2 saturated heterocycles. The van der Waals surface area contributed by atoms with Gasteiger partial charge in [-0.1, -0.05) is 0 Å². The number of carbonyl (C=O) groups is 4. The first kappa shape index (κ1) is 49.1. The van der Waals surface area contributed by atoms with E-state index in [0.717, 1.165) is 0 Å². The fourth-order valence-corrected chi connectivity index (χ4v) is 6.35. The van der Waals surface area contributed by atoms with Crippen LogP contribution in [0.15, 0.2) is 0 Å². The number of hydrogen-bond acceptors (Lipinski definition) is 16. The summed E-state index contributed by atoms with van der Waals surface area (Å²) in [4.78, 5) is 50.2. The molecule has 1 saturated carbocycles. The highest BCUT2D eigenvalue weighted by molar-refractivity contribution is 5.82. The third-order valence-electron chi connectivity index (χ3n) is 8.77. The first-order valence-electron chi connectivity index (χ1n) is 18.8. The van der Waals surface area contributed by atoms with Crippen molar-refractivity contribution >= 4 is 24.2 Å². The molecule has 0 aromatic heterocycles. The molecule has 13 atom stereocenters. The summed E-state index contributed by atoms with van der Waals surface area (Å²) in [6.45, 7) is 13.7. The second-order valence-electron chi connectivity index (χ2n) is 17.4. The lowest BCUT2D eigenvalue weighted by Crippen LogP contribution is -2.70. The Labute approximate surface area is 334 Å². The zero-order chi connectivity index (χ0) is 44.1. The van der Waals surface area contributed by atoms with Crippen LogP contribution in [0.4, 0.5) is 27.6 Å². The summed E-state index contributed by atoms with van der Waals surface area (Å²) in [6.07, 6.45) is -22.8. The number of alkyl carbamates (subject to hydrolysis) is 3. The molecule has 336 valence electrons. The zero-order valence-electron chi connectivity index (χ0n) is 34.0. The highest BCUT2D eigenvalue weighted by atomic mass is 19.4. The van der Waals surface area contributed by atoms with Crippen LogP contribution in [0.25, 0.3) is 0 Å². The normalized spacial score (nSPS) is 33.6. The Morgan fingerprint density at radius 2 is 1.21 bits per heavy atom. The van der Waals surface area contributed by atoms with Gasteiger partial charge in [-0.2, -0.15) is 13.2 Å². The van der Waals surface area contributed by atoms with Crippen LogP contribution in [0.2, 0.25) is 0 Å². The number of nitrogens with two attached hydrogens (primary N) is 1. The fraction of sp³-hybridized carbons (Fsp3) is 0.886. The third kappa shape index (κ3) is 14.8. The average molecular weight is 848 g/mol. The van der Waals surface area contributed by atoms with E-state index in [1.807, 2.05) is 0 Å². The summed E-state index contributed by atoms with van der Waals surface area (Å²) in [5, 5.41) is 52.6. The Morgan fingerprint density at radius 3 is 1.72 bits per heavy atom. The van der Waals surface area contributed by atoms with E-state index in [9.17, 15) is 52.8 Å². The van der Waals surface area contributed by atoms with Gasteiger partial charge in [-0.3, -0.25) is 4.79 Å². The summed E-state index contributed by atoms with van der Waals surface area (Å²) >= 11 is 0. The van der Waals surface area contributed by atoms with Crippen molar-refractivity contribution in [2.45, 2.75) is 184 Å². The van der Waals surface area contributed by atoms with Crippen LogP contribution in [0.5, 0.6) is 0 Å². The van der Waals surface area contributed by atoms with E-state index in [4.69, 9.17) is 38.9 Å². The molecule has 0 aromatic carbocycles. The Hall–Kier alpha value is -3.29. The predicted octanol–water partition coefficient (Wildman–Crippen LogP) is 0.151. The van der Waals surface area contributed by atoms with Crippen LogP contribution in [0, 0.1) is 0 Å². The molecule has 1 aliphatic carbocycles. The summed E-state index contributed by atoms with van der Waals surface area (Å²) in [5.74, 6) is -2.51. The Kier molecular flexibility index (Phi) is 16.4. The van der Waals surface area contributed by atoms with E-state index in [0.29, 0.717) is 0 Å². The number of amides is 4. The molecule has 2 heterocycles. The number of aliphatic hydroxyl groups excluding tert-OH is 4. The lowest BCUT2D eigenvalue weighted by molar-refractivity contribution is -0.316. The van der Waals surface area contributed by atoms with Gasteiger partial charge in [-0.05, 0) is 81.6 Å². The zero-order valence-corrected chi connectivity index (χ0v) is 34.0. The lowest BCUT2D eigenvalue weighted by Gasteiger charge is -2.48. The maximum Gasteiger partial charge on any atom is 0.471 e. The maximum atomic E-state index is 13.1. The van der Waals surface area contributed by atoms with E-state index < -0.39 is 133 Å². The number of nitrogens with one attached hydrogen (secondary N) is 4. The van der Waals surface area contributed by atoms with Gasteiger partial charge in [0.05, 0.1) is 30.8 Å². The van der Waals surface area contributed by atoms with Crippen molar-refractivity contribution in [2.75, 3.05) is 13.2 Å². The lowest BCUT2D eigenvalue weighted by atomic mass is 9.83. The largest absolute Gasteiger partial charge is 0.471 e. The van der Waals surface area contributed by atoms with Crippen molar-refractivity contribution in [2.24, 2.45) is 5.73 Å². The van der Waals surface area contributed by atoms with Crippen LogP contribution in [-0.2, 0) is 38.0 Å². The number of alkyl halides is 3. The van der Waals surface area contributed by atoms with Crippen LogP contribution in [-0.4, -0.2) is 160 Å². The van der Waals surface area contributed by atoms with Crippen LogP contribution >= 0.6 is 0 Å². The molecule has 0 bridgehead atoms. The number of rotatable bonds is 10. The van der Waals surface area contributed by atoms with Gasteiger partial charge in [-0.15, -0.1) is 0 Å². The first-order valence-corrected chi connectivity index (χ1v) is 18.8. The molecule has 0 spiro atoms. The molecule has 23 heteroatoms. The van der Waals surface area contributed by atoms with Crippen molar-refractivity contribution in [3.63, 3.8) is 0 Å². The Bertz CT molecular complexity index is 1410. The van der Waals surface area contributed by atoms with E-state index >= 15 is 0 Å². The highest BCUT2D eigenvalue weighted by Gasteiger charge is 2.53. The standard InChI is InChI=1S/C35H60F3N5O15/c1-32(2,3)56-29(49)40-13-15-10-11-17(41-30(50)57-33(4,5)6)26(52-15)55-25-18(42-31(51)58-34(7,8)9)12-16(39)24(23(25)47)54-27-22(46)20(21(45)19(14-44)53-27)43-28(48)35(36,37)38/h15-27,44-47H,10-14,39H2,1-9H3,(H,40,49)(H,41,50)(H,42,51)(H,43,48)/t15?,16-,17?,18+,19?,20+,21-,22?,23?,24+,25?,26-,27-/m1/s1. The minimum absolute atomic E-state index is 0.0713. The van der Waals surface area contributed by atoms with Crippen molar-refractivity contribution in [3.8, 4) is 0 Å². The molecule has 3 fully saturated rings. The minimum atomic E-state index is -5.41. The molecule has 2 aliphatic heterocycles. The second-order valence-corrected chi connectivity index (χ2v) is 17.4. The summed E-state index contributed by atoms with van der Waals surface area (Å²) in [7, 11) is 0. The molecule has 6 unspecified atom stereocenters. The second kappa shape index (κ2) is 19.4. The molecular formula is C35H60F3N5O15. The molecule has 4 amide bonds. The molecular weight excluding hydrogens is 787 g/mol. The summed E-state index contributed by atoms with van der Waals surface area (Å²) in [5.41, 5.74) is 3.77. The van der Waals surface area contributed by atoms with Gasteiger partial charge in [-0.25, -0.2) is 14.4 Å². The van der Waals surface area contributed by atoms with Crippen molar-refractivity contribution in [3.05, 3.63) is 0 Å². The number of ether oxygens (including phenoxy) is 7. The topological polar surface area (TPSA) is 288 Å². The fourth-order valence-electron chi connectivity index (χ4n) is 6.35. The SMILES string of the molecule is CC(C)(C)OC(=O)NCC1CCC(NC(=O)OC(C)(C)C)[C@@H](OC2C(O)[C@@H](O[C@H]3OC(CO)[C@@H](O)[C@H](NC(=O)C(F)(F)F)C3O)[C@H](N)C[C@@H]2NC(=O)OC(C)(C)C)O1. The van der Waals surface area contributed by atoms with Crippen LogP contribution < -0.4 is 27.0 Å². The quantitative estimate of drug-likeness (QED) is 0.132. The first-order chi connectivity index (χ1) is 26.5. The van der Waals surface area contributed by atoms with Gasteiger partial charge in [0.2, 0.25) is 0 Å². The van der Waals surface area contributed by atoms with Gasteiger partial charge in [0.25, 0.3) is 0 Å². The molecule has 10 N–H and O–H groups in total. The third-order valence-corrected chi connectivity index (χ3v) is 8.77. The number of aliphatic hydroxyl groups is 4. The van der Waals surface area contributed by atoms with Gasteiger partial charge >= 0.3 is 30.4 Å². The van der Waals surface area contributed by atoms with Crippen LogP contribution in [0.1, 0.15) is 81.6 Å². The molecule has 20 nitrogen and oxygen atoms in total. The maximum absolute atomic E-state index is 13.1. The number of halogens is 3. The van der Waals surface area contributed by atoms with Crippen LogP contribution in [0.3, 0.4) is 0 Å². The van der Waals surface area contributed by atoms with Crippen molar-refractivity contribution < 1.29 is 85.9 Å². The van der Waals surface area contributed by atoms with Crippen molar-refractivity contribution in [1.29, 1.82) is 0 Å². The molecule has 3 rings (SSSR count). The summed E-state index contributed by atoms with van der Waals surface area (Å²) < 4.78 is 79.4. The molecule has 0 radical (unpaired) electrons. The van der Waals surface area contributed by atoms with Crippen molar-refractivity contribution in [1.82, 2.24) is 21.3 Å². The number of carbonyl (C=O) groups excluding carboxylic acids is 4.